The molecule has 0 saturated heterocycles. The molecule has 0 atom stereocenters. The molecule has 1 aliphatic rings. The summed E-state index contributed by atoms with van der Waals surface area (Å²) >= 11 is 12.0. The van der Waals surface area contributed by atoms with Crippen molar-refractivity contribution in [3.63, 3.8) is 0 Å². The number of amides is 1. The van der Waals surface area contributed by atoms with Gasteiger partial charge in [-0.2, -0.15) is 0 Å². The van der Waals surface area contributed by atoms with Crippen LogP contribution in [0.15, 0.2) is 41.3 Å². The minimum atomic E-state index is -3.81. The maximum Gasteiger partial charge on any atom is 0.261 e. The summed E-state index contributed by atoms with van der Waals surface area (Å²) in [5, 5.41) is 0.415. The van der Waals surface area contributed by atoms with Crippen LogP contribution in [0.5, 0.6) is 0 Å². The van der Waals surface area contributed by atoms with Crippen molar-refractivity contribution in [2.24, 2.45) is 0 Å². The Labute approximate surface area is 156 Å². The summed E-state index contributed by atoms with van der Waals surface area (Å²) < 4.78 is 27.7. The first kappa shape index (κ1) is 18.0. The number of nitrogens with one attached hydrogen (secondary N) is 1. The lowest BCUT2D eigenvalue weighted by Crippen LogP contribution is -2.27. The van der Waals surface area contributed by atoms with Gasteiger partial charge in [0.05, 0.1) is 20.6 Å². The van der Waals surface area contributed by atoms with E-state index in [-0.39, 0.29) is 26.5 Å². The first-order valence-corrected chi connectivity index (χ1v) is 9.97. The summed E-state index contributed by atoms with van der Waals surface area (Å²) in [7, 11) is -3.81. The number of anilines is 2. The number of nitrogens with zero attached hydrogens (tertiary/aromatic N) is 1. The normalized spacial score (nSPS) is 13.6. The summed E-state index contributed by atoms with van der Waals surface area (Å²) in [5.74, 6) is 0.0261. The highest BCUT2D eigenvalue weighted by Crippen LogP contribution is 2.33. The zero-order chi connectivity index (χ0) is 18.2. The second kappa shape index (κ2) is 6.86. The van der Waals surface area contributed by atoms with Gasteiger partial charge in [-0.05, 0) is 42.3 Å². The van der Waals surface area contributed by atoms with Gasteiger partial charge in [-0.15, -0.1) is 0 Å². The molecule has 25 heavy (non-hydrogen) atoms. The SMILES string of the molecule is CCC(=O)N1CCc2cc(S(=O)(=O)Nc3cccc(Cl)c3Cl)ccc21. The van der Waals surface area contributed by atoms with Gasteiger partial charge in [0.15, 0.2) is 0 Å². The van der Waals surface area contributed by atoms with E-state index in [9.17, 15) is 13.2 Å². The van der Waals surface area contributed by atoms with Crippen molar-refractivity contribution in [2.75, 3.05) is 16.2 Å². The molecule has 0 radical (unpaired) electrons. The van der Waals surface area contributed by atoms with Crippen LogP contribution in [0, 0.1) is 0 Å². The van der Waals surface area contributed by atoms with E-state index in [0.717, 1.165) is 11.3 Å². The van der Waals surface area contributed by atoms with Gasteiger partial charge in [-0.3, -0.25) is 9.52 Å². The van der Waals surface area contributed by atoms with Crippen molar-refractivity contribution in [3.8, 4) is 0 Å². The maximum absolute atomic E-state index is 12.6. The zero-order valence-corrected chi connectivity index (χ0v) is 15.7. The van der Waals surface area contributed by atoms with E-state index >= 15 is 0 Å². The van der Waals surface area contributed by atoms with Gasteiger partial charge in [-0.1, -0.05) is 36.2 Å². The number of hydrogen-bond acceptors (Lipinski definition) is 3. The third-order valence-electron chi connectivity index (χ3n) is 4.06. The first-order chi connectivity index (χ1) is 11.8. The largest absolute Gasteiger partial charge is 0.312 e. The molecule has 0 unspecified atom stereocenters. The van der Waals surface area contributed by atoms with E-state index in [0.29, 0.717) is 19.4 Å². The Balaban J connectivity index is 1.92. The smallest absolute Gasteiger partial charge is 0.261 e. The van der Waals surface area contributed by atoms with Crippen molar-refractivity contribution in [3.05, 3.63) is 52.0 Å². The van der Waals surface area contributed by atoms with Crippen LogP contribution in [-0.4, -0.2) is 20.9 Å². The molecule has 2 aromatic rings. The molecule has 5 nitrogen and oxygen atoms in total. The van der Waals surface area contributed by atoms with E-state index < -0.39 is 10.0 Å². The van der Waals surface area contributed by atoms with Gasteiger partial charge in [0.1, 0.15) is 0 Å². The number of fused-ring (bicyclic) bond motifs is 1. The second-order valence-electron chi connectivity index (χ2n) is 5.65. The van der Waals surface area contributed by atoms with Gasteiger partial charge < -0.3 is 4.90 Å². The predicted molar refractivity (Wildman–Crippen MR) is 100 cm³/mol. The van der Waals surface area contributed by atoms with Crippen LogP contribution >= 0.6 is 23.2 Å². The van der Waals surface area contributed by atoms with Crippen LogP contribution < -0.4 is 9.62 Å². The molecule has 0 saturated carbocycles. The van der Waals surface area contributed by atoms with Crippen LogP contribution in [0.1, 0.15) is 18.9 Å². The van der Waals surface area contributed by atoms with E-state index in [1.54, 1.807) is 42.2 Å². The third kappa shape index (κ3) is 3.47. The van der Waals surface area contributed by atoms with Gasteiger partial charge in [0, 0.05) is 18.7 Å². The third-order valence-corrected chi connectivity index (χ3v) is 6.24. The molecule has 3 rings (SSSR count). The molecule has 0 bridgehead atoms. The number of carbonyl (C=O) groups excluding carboxylic acids is 1. The molecule has 2 aromatic carbocycles. The van der Waals surface area contributed by atoms with E-state index in [1.807, 2.05) is 0 Å². The quantitative estimate of drug-likeness (QED) is 0.842. The molecule has 1 amide bonds. The Kier molecular flexibility index (Phi) is 4.95. The van der Waals surface area contributed by atoms with Gasteiger partial charge in [0.2, 0.25) is 5.91 Å². The molecule has 1 aliphatic heterocycles. The van der Waals surface area contributed by atoms with Crippen molar-refractivity contribution in [2.45, 2.75) is 24.7 Å². The molecular formula is C17H16Cl2N2O3S. The molecule has 132 valence electrons. The average molecular weight is 399 g/mol. The lowest BCUT2D eigenvalue weighted by atomic mass is 10.2. The van der Waals surface area contributed by atoms with Crippen molar-refractivity contribution in [1.29, 1.82) is 0 Å². The lowest BCUT2D eigenvalue weighted by molar-refractivity contribution is -0.118. The van der Waals surface area contributed by atoms with Gasteiger partial charge in [0.25, 0.3) is 10.0 Å². The number of benzene rings is 2. The summed E-state index contributed by atoms with van der Waals surface area (Å²) in [6.45, 7) is 2.37. The summed E-state index contributed by atoms with van der Waals surface area (Å²) in [5.41, 5.74) is 1.82. The highest BCUT2D eigenvalue weighted by molar-refractivity contribution is 7.92. The molecule has 1 N–H and O–H groups in total. The fourth-order valence-electron chi connectivity index (χ4n) is 2.78. The van der Waals surface area contributed by atoms with Crippen molar-refractivity contribution < 1.29 is 13.2 Å². The molecule has 0 aliphatic carbocycles. The molecule has 1 heterocycles. The van der Waals surface area contributed by atoms with Crippen LogP contribution in [0.2, 0.25) is 10.0 Å². The van der Waals surface area contributed by atoms with E-state index in [1.165, 1.54) is 6.07 Å². The molecule has 0 fully saturated rings. The zero-order valence-electron chi connectivity index (χ0n) is 13.4. The van der Waals surface area contributed by atoms with Gasteiger partial charge in [-0.25, -0.2) is 8.42 Å². The standard InChI is InChI=1S/C17H16Cl2N2O3S/c1-2-16(22)21-9-8-11-10-12(6-7-15(11)21)25(23,24)20-14-5-3-4-13(18)17(14)19/h3-7,10,20H,2,8-9H2,1H3. The van der Waals surface area contributed by atoms with E-state index in [4.69, 9.17) is 23.2 Å². The van der Waals surface area contributed by atoms with Crippen LogP contribution in [-0.2, 0) is 21.2 Å². The van der Waals surface area contributed by atoms with Crippen LogP contribution in [0.4, 0.5) is 11.4 Å². The van der Waals surface area contributed by atoms with E-state index in [2.05, 4.69) is 4.72 Å². The predicted octanol–water partition coefficient (Wildman–Crippen LogP) is 4.09. The Hall–Kier alpha value is -1.76. The summed E-state index contributed by atoms with van der Waals surface area (Å²) in [6.07, 6.45) is 1.04. The molecule has 8 heteroatoms. The Morgan fingerprint density at radius 2 is 2.00 bits per heavy atom. The monoisotopic (exact) mass is 398 g/mol. The van der Waals surface area contributed by atoms with Gasteiger partial charge >= 0.3 is 0 Å². The molecule has 0 spiro atoms. The summed E-state index contributed by atoms with van der Waals surface area (Å²) in [4.78, 5) is 13.7. The maximum atomic E-state index is 12.6. The number of hydrogen-bond donors (Lipinski definition) is 1. The van der Waals surface area contributed by atoms with Crippen LogP contribution in [0.25, 0.3) is 0 Å². The first-order valence-electron chi connectivity index (χ1n) is 7.73. The fourth-order valence-corrected chi connectivity index (χ4v) is 4.31. The topological polar surface area (TPSA) is 66.5 Å². The molecule has 0 aromatic heterocycles. The number of rotatable bonds is 4. The highest BCUT2D eigenvalue weighted by atomic mass is 35.5. The minimum absolute atomic E-state index is 0.0261. The second-order valence-corrected chi connectivity index (χ2v) is 8.11. The van der Waals surface area contributed by atoms with Crippen LogP contribution in [0.3, 0.4) is 0 Å². The Morgan fingerprint density at radius 3 is 2.72 bits per heavy atom. The van der Waals surface area contributed by atoms with Crippen molar-refractivity contribution in [1.82, 2.24) is 0 Å². The Morgan fingerprint density at radius 1 is 1.24 bits per heavy atom. The number of sulfonamides is 1. The summed E-state index contributed by atoms with van der Waals surface area (Å²) in [6, 6.07) is 9.49. The Bertz CT molecular complexity index is 945. The van der Waals surface area contributed by atoms with Crippen molar-refractivity contribution >= 4 is 50.5 Å². The average Bonchev–Trinajstić information content (AvgIpc) is 3.01. The number of halogens is 2. The number of carbonyl (C=O) groups is 1. The molecular weight excluding hydrogens is 383 g/mol. The highest BCUT2D eigenvalue weighted by Gasteiger charge is 2.26. The minimum Gasteiger partial charge on any atom is -0.312 e. The fraction of sp³-hybridized carbons (Fsp3) is 0.235. The lowest BCUT2D eigenvalue weighted by Gasteiger charge is -2.16.